The summed E-state index contributed by atoms with van der Waals surface area (Å²) >= 11 is 1.25. The van der Waals surface area contributed by atoms with Crippen molar-refractivity contribution in [3.8, 4) is 0 Å². The molecule has 0 saturated heterocycles. The molecule has 4 aromatic rings. The van der Waals surface area contributed by atoms with E-state index in [-0.39, 0.29) is 0 Å². The number of hydrogen-bond acceptors (Lipinski definition) is 7. The van der Waals surface area contributed by atoms with Gasteiger partial charge in [-0.05, 0) is 66.1 Å². The number of amides is 2. The number of furan rings is 1. The number of esters is 1. The molecule has 0 bridgehead atoms. The van der Waals surface area contributed by atoms with E-state index in [0.717, 1.165) is 29.7 Å². The summed E-state index contributed by atoms with van der Waals surface area (Å²) in [7, 11) is 0. The molecule has 8 nitrogen and oxygen atoms in total. The first-order valence-electron chi connectivity index (χ1n) is 11.1. The second-order valence-electron chi connectivity index (χ2n) is 7.93. The molecule has 0 fully saturated rings. The smallest absolute Gasteiger partial charge is 0.339 e. The van der Waals surface area contributed by atoms with E-state index >= 15 is 0 Å². The van der Waals surface area contributed by atoms with Crippen LogP contribution in [0, 0.1) is 0 Å². The van der Waals surface area contributed by atoms with Crippen LogP contribution in [0.25, 0.3) is 22.6 Å². The lowest BCUT2D eigenvalue weighted by molar-refractivity contribution is -0.125. The van der Waals surface area contributed by atoms with Crippen molar-refractivity contribution in [2.75, 3.05) is 6.61 Å². The highest BCUT2D eigenvalue weighted by atomic mass is 32.1. The fourth-order valence-electron chi connectivity index (χ4n) is 4.09. The molecular weight excluding hydrogens is 466 g/mol. The van der Waals surface area contributed by atoms with Gasteiger partial charge in [-0.15, -0.1) is 11.3 Å². The standard InChI is InChI=1S/C26H21N3O5S/c30-22(28-29-25(31)21-11-5-13-35-21)15-34-26(32)23-18-8-1-2-10-20(18)27-24-16(6-3-9-19(23)24)14-17-7-4-12-33-17/h1-2,4-5,7-8,10-14H,3,6,9,15H2,(H,28,30)(H,29,31). The summed E-state index contributed by atoms with van der Waals surface area (Å²) < 4.78 is 10.8. The van der Waals surface area contributed by atoms with Crippen LogP contribution >= 0.6 is 11.3 Å². The van der Waals surface area contributed by atoms with Gasteiger partial charge in [0.05, 0.1) is 27.9 Å². The van der Waals surface area contributed by atoms with Crippen LogP contribution in [0.15, 0.2) is 64.6 Å². The third-order valence-electron chi connectivity index (χ3n) is 5.63. The minimum atomic E-state index is -0.645. The zero-order valence-corrected chi connectivity index (χ0v) is 19.4. The monoisotopic (exact) mass is 487 g/mol. The molecule has 3 aromatic heterocycles. The van der Waals surface area contributed by atoms with Gasteiger partial charge in [-0.25, -0.2) is 9.78 Å². The Bertz CT molecular complexity index is 1420. The molecule has 176 valence electrons. The lowest BCUT2D eigenvalue weighted by Crippen LogP contribution is -2.43. The van der Waals surface area contributed by atoms with Gasteiger partial charge in [0, 0.05) is 5.39 Å². The number of ether oxygens (including phenoxy) is 1. The van der Waals surface area contributed by atoms with Gasteiger partial charge >= 0.3 is 5.97 Å². The number of carbonyl (C=O) groups is 3. The third-order valence-corrected chi connectivity index (χ3v) is 6.50. The van der Waals surface area contributed by atoms with E-state index in [0.29, 0.717) is 33.5 Å². The maximum Gasteiger partial charge on any atom is 0.339 e. The number of carbonyl (C=O) groups excluding carboxylic acids is 3. The highest BCUT2D eigenvalue weighted by Crippen LogP contribution is 2.36. The Morgan fingerprint density at radius 1 is 1.06 bits per heavy atom. The molecule has 0 radical (unpaired) electrons. The lowest BCUT2D eigenvalue weighted by atomic mass is 9.86. The summed E-state index contributed by atoms with van der Waals surface area (Å²) in [6, 6.07) is 14.4. The molecule has 0 unspecified atom stereocenters. The number of allylic oxidation sites excluding steroid dienone is 1. The normalized spacial score (nSPS) is 13.9. The number of nitrogens with one attached hydrogen (secondary N) is 2. The Balaban J connectivity index is 1.38. The van der Waals surface area contributed by atoms with Crippen molar-refractivity contribution in [1.82, 2.24) is 15.8 Å². The number of pyridine rings is 1. The van der Waals surface area contributed by atoms with Gasteiger partial charge in [-0.2, -0.15) is 0 Å². The highest BCUT2D eigenvalue weighted by Gasteiger charge is 2.26. The number of benzene rings is 1. The molecule has 1 aliphatic rings. The van der Waals surface area contributed by atoms with Crippen molar-refractivity contribution in [3.05, 3.63) is 87.6 Å². The summed E-state index contributed by atoms with van der Waals surface area (Å²) in [6.45, 7) is -0.538. The molecule has 0 spiro atoms. The van der Waals surface area contributed by atoms with Gasteiger partial charge in [0.1, 0.15) is 5.76 Å². The van der Waals surface area contributed by atoms with Crippen molar-refractivity contribution in [3.63, 3.8) is 0 Å². The fraction of sp³-hybridized carbons (Fsp3) is 0.154. The van der Waals surface area contributed by atoms with Crippen molar-refractivity contribution in [2.24, 2.45) is 0 Å². The quantitative estimate of drug-likeness (QED) is 0.319. The van der Waals surface area contributed by atoms with Gasteiger partial charge in [0.15, 0.2) is 6.61 Å². The van der Waals surface area contributed by atoms with Crippen molar-refractivity contribution in [1.29, 1.82) is 0 Å². The number of thiophene rings is 1. The predicted molar refractivity (Wildman–Crippen MR) is 131 cm³/mol. The Labute approximate surface area is 204 Å². The Kier molecular flexibility index (Phi) is 6.40. The molecule has 0 saturated carbocycles. The second-order valence-corrected chi connectivity index (χ2v) is 8.87. The van der Waals surface area contributed by atoms with E-state index < -0.39 is 24.4 Å². The minimum Gasteiger partial charge on any atom is -0.465 e. The number of aromatic nitrogens is 1. The first kappa shape index (κ1) is 22.5. The van der Waals surface area contributed by atoms with E-state index in [2.05, 4.69) is 10.9 Å². The molecule has 2 amide bonds. The van der Waals surface area contributed by atoms with Gasteiger partial charge in [-0.3, -0.25) is 20.4 Å². The van der Waals surface area contributed by atoms with E-state index in [1.54, 1.807) is 23.8 Å². The highest BCUT2D eigenvalue weighted by molar-refractivity contribution is 7.12. The Hall–Kier alpha value is -4.24. The molecule has 0 atom stereocenters. The molecular formula is C26H21N3O5S. The number of fused-ring (bicyclic) bond motifs is 2. The van der Waals surface area contributed by atoms with Crippen LogP contribution < -0.4 is 10.9 Å². The number of para-hydroxylation sites is 1. The van der Waals surface area contributed by atoms with Crippen molar-refractivity contribution < 1.29 is 23.5 Å². The third kappa shape index (κ3) is 4.85. The molecule has 1 aromatic carbocycles. The maximum atomic E-state index is 13.2. The molecule has 1 aliphatic carbocycles. The second kappa shape index (κ2) is 9.94. The molecule has 2 N–H and O–H groups in total. The first-order chi connectivity index (χ1) is 17.1. The maximum absolute atomic E-state index is 13.2. The van der Waals surface area contributed by atoms with E-state index in [9.17, 15) is 14.4 Å². The zero-order valence-electron chi connectivity index (χ0n) is 18.6. The van der Waals surface area contributed by atoms with Crippen LogP contribution in [0.3, 0.4) is 0 Å². The Morgan fingerprint density at radius 3 is 2.74 bits per heavy atom. The topological polar surface area (TPSA) is 111 Å². The summed E-state index contributed by atoms with van der Waals surface area (Å²) in [5.41, 5.74) is 8.17. The van der Waals surface area contributed by atoms with E-state index in [1.807, 2.05) is 42.5 Å². The van der Waals surface area contributed by atoms with Gasteiger partial charge in [0.2, 0.25) is 0 Å². The van der Waals surface area contributed by atoms with E-state index in [1.165, 1.54) is 11.3 Å². The van der Waals surface area contributed by atoms with Crippen LogP contribution in [0.2, 0.25) is 0 Å². The van der Waals surface area contributed by atoms with Gasteiger partial charge < -0.3 is 9.15 Å². The van der Waals surface area contributed by atoms with Crippen molar-refractivity contribution >= 4 is 51.7 Å². The zero-order chi connectivity index (χ0) is 24.2. The summed E-state index contributed by atoms with van der Waals surface area (Å²) in [5, 5.41) is 2.43. The van der Waals surface area contributed by atoms with Gasteiger partial charge in [0.25, 0.3) is 11.8 Å². The fourth-order valence-corrected chi connectivity index (χ4v) is 4.71. The van der Waals surface area contributed by atoms with Crippen LogP contribution in [0.5, 0.6) is 0 Å². The SMILES string of the molecule is O=C(COC(=O)c1c2c(nc3ccccc13)C(=Cc1ccco1)CCC2)NNC(=O)c1cccs1. The summed E-state index contributed by atoms with van der Waals surface area (Å²) in [6.07, 6.45) is 5.87. The predicted octanol–water partition coefficient (Wildman–Crippen LogP) is 4.38. The molecule has 3 heterocycles. The molecule has 5 rings (SSSR count). The van der Waals surface area contributed by atoms with E-state index in [4.69, 9.17) is 14.1 Å². The van der Waals surface area contributed by atoms with Crippen LogP contribution in [-0.2, 0) is 16.0 Å². The number of nitrogens with zero attached hydrogens (tertiary/aromatic N) is 1. The summed E-state index contributed by atoms with van der Waals surface area (Å²) in [5.74, 6) is -0.981. The van der Waals surface area contributed by atoms with Crippen LogP contribution in [0.4, 0.5) is 0 Å². The molecule has 35 heavy (non-hydrogen) atoms. The number of hydrogen-bond donors (Lipinski definition) is 2. The molecule has 0 aliphatic heterocycles. The van der Waals surface area contributed by atoms with Crippen LogP contribution in [0.1, 0.15) is 49.9 Å². The number of rotatable bonds is 5. The largest absolute Gasteiger partial charge is 0.465 e. The summed E-state index contributed by atoms with van der Waals surface area (Å²) in [4.78, 5) is 42.7. The van der Waals surface area contributed by atoms with Gasteiger partial charge in [-0.1, -0.05) is 24.3 Å². The average Bonchev–Trinajstić information content (AvgIpc) is 3.59. The van der Waals surface area contributed by atoms with Crippen molar-refractivity contribution in [2.45, 2.75) is 19.3 Å². The lowest BCUT2D eigenvalue weighted by Gasteiger charge is -2.22. The Morgan fingerprint density at radius 2 is 1.94 bits per heavy atom. The molecule has 9 heteroatoms. The van der Waals surface area contributed by atoms with Crippen LogP contribution in [-0.4, -0.2) is 29.4 Å². The first-order valence-corrected chi connectivity index (χ1v) is 11.9. The minimum absolute atomic E-state index is 0.408. The average molecular weight is 488 g/mol. The number of hydrazine groups is 1.